The van der Waals surface area contributed by atoms with Gasteiger partial charge in [0.25, 0.3) is 5.91 Å². The van der Waals surface area contributed by atoms with Crippen molar-refractivity contribution >= 4 is 5.91 Å². The Morgan fingerprint density at radius 3 is 2.53 bits per heavy atom. The first kappa shape index (κ1) is 23.2. The van der Waals surface area contributed by atoms with Crippen molar-refractivity contribution in [2.24, 2.45) is 0 Å². The van der Waals surface area contributed by atoms with E-state index in [2.05, 4.69) is 23.3 Å². The fourth-order valence-electron chi connectivity index (χ4n) is 3.37. The third-order valence-corrected chi connectivity index (χ3v) is 4.92. The van der Waals surface area contributed by atoms with Gasteiger partial charge in [-0.25, -0.2) is 0 Å². The van der Waals surface area contributed by atoms with Gasteiger partial charge in [-0.3, -0.25) is 9.69 Å². The number of hydrogen-bond donors (Lipinski definition) is 1. The van der Waals surface area contributed by atoms with Gasteiger partial charge in [0, 0.05) is 24.2 Å². The van der Waals surface area contributed by atoms with Gasteiger partial charge in [0.15, 0.2) is 11.5 Å². The molecule has 0 bridgehead atoms. The zero-order valence-corrected chi connectivity index (χ0v) is 19.0. The summed E-state index contributed by atoms with van der Waals surface area (Å²) in [5.41, 5.74) is 2.78. The van der Waals surface area contributed by atoms with Crippen LogP contribution in [0.3, 0.4) is 0 Å². The lowest BCUT2D eigenvalue weighted by Crippen LogP contribution is -2.33. The Balaban J connectivity index is 1.51. The van der Waals surface area contributed by atoms with Gasteiger partial charge in [-0.05, 0) is 55.9 Å². The van der Waals surface area contributed by atoms with Gasteiger partial charge in [0.1, 0.15) is 11.9 Å². The summed E-state index contributed by atoms with van der Waals surface area (Å²) < 4.78 is 21.6. The van der Waals surface area contributed by atoms with Crippen molar-refractivity contribution in [3.8, 4) is 17.2 Å². The van der Waals surface area contributed by atoms with Crippen molar-refractivity contribution in [2.45, 2.75) is 26.1 Å². The molecule has 0 aliphatic rings. The Labute approximate surface area is 188 Å². The quantitative estimate of drug-likeness (QED) is 0.485. The summed E-state index contributed by atoms with van der Waals surface area (Å²) in [6.07, 6.45) is 3.25. The maximum Gasteiger partial charge on any atom is 0.251 e. The number of ether oxygens (including phenoxy) is 3. The van der Waals surface area contributed by atoms with E-state index in [0.29, 0.717) is 23.6 Å². The summed E-state index contributed by atoms with van der Waals surface area (Å²) in [7, 11) is 5.16. The smallest absolute Gasteiger partial charge is 0.251 e. The highest BCUT2D eigenvalue weighted by atomic mass is 16.5. The number of furan rings is 1. The fourth-order valence-corrected chi connectivity index (χ4v) is 3.37. The van der Waals surface area contributed by atoms with Crippen LogP contribution in [0.2, 0.25) is 0 Å². The van der Waals surface area contributed by atoms with Crippen molar-refractivity contribution in [2.75, 3.05) is 27.8 Å². The highest BCUT2D eigenvalue weighted by Gasteiger charge is 2.13. The Morgan fingerprint density at radius 2 is 1.81 bits per heavy atom. The van der Waals surface area contributed by atoms with Gasteiger partial charge >= 0.3 is 0 Å². The Hall–Kier alpha value is -3.45. The maximum absolute atomic E-state index is 12.5. The second kappa shape index (κ2) is 11.2. The molecule has 7 heteroatoms. The monoisotopic (exact) mass is 438 g/mol. The lowest BCUT2D eigenvalue weighted by molar-refractivity contribution is 0.0931. The van der Waals surface area contributed by atoms with E-state index in [0.717, 1.165) is 30.0 Å². The highest BCUT2D eigenvalue weighted by molar-refractivity contribution is 5.94. The SMILES string of the molecule is COc1ccc(C(=O)NCC(C)Oc2cccc(CN(C)Cc3ccoc3)c2)cc1OC. The summed E-state index contributed by atoms with van der Waals surface area (Å²) in [4.78, 5) is 14.7. The van der Waals surface area contributed by atoms with Gasteiger partial charge in [-0.15, -0.1) is 0 Å². The molecule has 0 spiro atoms. The summed E-state index contributed by atoms with van der Waals surface area (Å²) in [5, 5.41) is 2.90. The number of hydrogen-bond acceptors (Lipinski definition) is 6. The predicted molar refractivity (Wildman–Crippen MR) is 122 cm³/mol. The summed E-state index contributed by atoms with van der Waals surface area (Å²) in [5.74, 6) is 1.66. The first-order chi connectivity index (χ1) is 15.5. The zero-order chi connectivity index (χ0) is 22.9. The molecule has 3 aromatic rings. The molecule has 32 heavy (non-hydrogen) atoms. The molecule has 0 fully saturated rings. The molecule has 1 aromatic heterocycles. The molecule has 0 radical (unpaired) electrons. The number of nitrogens with one attached hydrogen (secondary N) is 1. The number of nitrogens with zero attached hydrogens (tertiary/aromatic N) is 1. The average molecular weight is 439 g/mol. The Kier molecular flexibility index (Phi) is 8.16. The molecule has 0 aliphatic heterocycles. The number of amides is 1. The van der Waals surface area contributed by atoms with Crippen LogP contribution in [0.5, 0.6) is 17.2 Å². The molecule has 2 aromatic carbocycles. The van der Waals surface area contributed by atoms with Crippen molar-refractivity contribution in [1.29, 1.82) is 0 Å². The minimum atomic E-state index is -0.198. The molecular weight excluding hydrogens is 408 g/mol. The van der Waals surface area contributed by atoms with Crippen molar-refractivity contribution in [3.63, 3.8) is 0 Å². The second-order valence-corrected chi connectivity index (χ2v) is 7.66. The topological polar surface area (TPSA) is 73.2 Å². The lowest BCUT2D eigenvalue weighted by atomic mass is 10.2. The van der Waals surface area contributed by atoms with E-state index in [4.69, 9.17) is 18.6 Å². The standard InChI is InChI=1S/C25H30N2O5/c1-18(14-26-25(28)21-8-9-23(29-3)24(13-21)30-4)32-22-7-5-6-19(12-22)15-27(2)16-20-10-11-31-17-20/h5-13,17-18H,14-16H2,1-4H3,(H,26,28). The van der Waals surface area contributed by atoms with Crippen LogP contribution >= 0.6 is 0 Å². The van der Waals surface area contributed by atoms with Crippen LogP contribution in [-0.4, -0.2) is 44.7 Å². The minimum Gasteiger partial charge on any atom is -0.493 e. The Morgan fingerprint density at radius 1 is 1.03 bits per heavy atom. The van der Waals surface area contributed by atoms with Crippen molar-refractivity contribution < 1.29 is 23.4 Å². The van der Waals surface area contributed by atoms with E-state index in [-0.39, 0.29) is 12.0 Å². The van der Waals surface area contributed by atoms with Gasteiger partial charge < -0.3 is 23.9 Å². The third-order valence-electron chi connectivity index (χ3n) is 4.92. The van der Waals surface area contributed by atoms with Crippen LogP contribution in [0.25, 0.3) is 0 Å². The minimum absolute atomic E-state index is 0.196. The van der Waals surface area contributed by atoms with Crippen LogP contribution in [-0.2, 0) is 13.1 Å². The van der Waals surface area contributed by atoms with E-state index < -0.39 is 0 Å². The summed E-state index contributed by atoms with van der Waals surface area (Å²) in [6.45, 7) is 3.89. The van der Waals surface area contributed by atoms with Crippen molar-refractivity contribution in [3.05, 3.63) is 77.7 Å². The first-order valence-corrected chi connectivity index (χ1v) is 10.4. The number of rotatable bonds is 11. The van der Waals surface area contributed by atoms with Crippen LogP contribution in [0.1, 0.15) is 28.4 Å². The molecule has 0 saturated carbocycles. The maximum atomic E-state index is 12.5. The van der Waals surface area contributed by atoms with Gasteiger partial charge in [-0.1, -0.05) is 12.1 Å². The molecule has 170 valence electrons. The second-order valence-electron chi connectivity index (χ2n) is 7.66. The lowest BCUT2D eigenvalue weighted by Gasteiger charge is -2.18. The van der Waals surface area contributed by atoms with E-state index in [9.17, 15) is 4.79 Å². The van der Waals surface area contributed by atoms with Crippen molar-refractivity contribution in [1.82, 2.24) is 10.2 Å². The van der Waals surface area contributed by atoms with Crippen LogP contribution < -0.4 is 19.5 Å². The third kappa shape index (κ3) is 6.52. The van der Waals surface area contributed by atoms with Crippen LogP contribution in [0.4, 0.5) is 0 Å². The number of carbonyl (C=O) groups is 1. The fraction of sp³-hybridized carbons (Fsp3) is 0.320. The van der Waals surface area contributed by atoms with E-state index in [1.54, 1.807) is 44.9 Å². The van der Waals surface area contributed by atoms with Gasteiger partial charge in [0.2, 0.25) is 0 Å². The number of benzene rings is 2. The molecule has 7 nitrogen and oxygen atoms in total. The molecule has 1 atom stereocenters. The van der Waals surface area contributed by atoms with E-state index >= 15 is 0 Å². The van der Waals surface area contributed by atoms with E-state index in [1.165, 1.54) is 0 Å². The molecule has 0 saturated heterocycles. The molecule has 1 heterocycles. The average Bonchev–Trinajstić information content (AvgIpc) is 3.30. The zero-order valence-electron chi connectivity index (χ0n) is 19.0. The predicted octanol–water partition coefficient (Wildman–Crippen LogP) is 4.13. The molecule has 3 rings (SSSR count). The summed E-state index contributed by atoms with van der Waals surface area (Å²) in [6, 6.07) is 15.0. The molecule has 0 aliphatic carbocycles. The van der Waals surface area contributed by atoms with Gasteiger partial charge in [0.05, 0.1) is 33.3 Å². The molecule has 1 N–H and O–H groups in total. The first-order valence-electron chi connectivity index (χ1n) is 10.4. The molecular formula is C25H30N2O5. The summed E-state index contributed by atoms with van der Waals surface area (Å²) >= 11 is 0. The highest BCUT2D eigenvalue weighted by Crippen LogP contribution is 2.27. The van der Waals surface area contributed by atoms with Crippen LogP contribution in [0.15, 0.2) is 65.5 Å². The van der Waals surface area contributed by atoms with Gasteiger partial charge in [-0.2, -0.15) is 0 Å². The number of carbonyl (C=O) groups excluding carboxylic acids is 1. The largest absolute Gasteiger partial charge is 0.493 e. The van der Waals surface area contributed by atoms with E-state index in [1.807, 2.05) is 31.2 Å². The van der Waals surface area contributed by atoms with Crippen LogP contribution in [0, 0.1) is 0 Å². The Bertz CT molecular complexity index is 1000. The molecule has 1 amide bonds. The normalized spacial score (nSPS) is 11.8. The molecule has 1 unspecified atom stereocenters. The number of methoxy groups -OCH3 is 2.